The first kappa shape index (κ1) is 49.1. The molecule has 0 saturated heterocycles. The zero-order chi connectivity index (χ0) is 32.4. The maximum absolute atomic E-state index is 3.97. The first-order chi connectivity index (χ1) is 18.0. The Morgan fingerprint density at radius 2 is 0.974 bits per heavy atom. The molecule has 224 valence electrons. The minimum atomic E-state index is 1.02. The second-order valence-corrected chi connectivity index (χ2v) is 10.1. The molecule has 0 aliphatic heterocycles. The second-order valence-electron chi connectivity index (χ2n) is 10.1. The van der Waals surface area contributed by atoms with Gasteiger partial charge in [0.05, 0.1) is 0 Å². The van der Waals surface area contributed by atoms with Gasteiger partial charge in [-0.1, -0.05) is 121 Å². The van der Waals surface area contributed by atoms with Crippen molar-refractivity contribution in [2.75, 3.05) is 0 Å². The molecule has 0 bridgehead atoms. The summed E-state index contributed by atoms with van der Waals surface area (Å²) in [5.41, 5.74) is 10.8. The molecule has 0 fully saturated rings. The molecule has 0 N–H and O–H groups in total. The van der Waals surface area contributed by atoms with E-state index in [1.165, 1.54) is 59.1 Å². The third kappa shape index (κ3) is 72.1. The molecule has 0 saturated carbocycles. The first-order valence-corrected chi connectivity index (χ1v) is 13.9. The monoisotopic (exact) mass is 537 g/mol. The molecule has 0 nitrogen and oxygen atoms in total. The van der Waals surface area contributed by atoms with Gasteiger partial charge in [-0.15, -0.1) is 6.58 Å². The van der Waals surface area contributed by atoms with Crippen LogP contribution in [0.25, 0.3) is 0 Å². The molecule has 0 aromatic rings. The van der Waals surface area contributed by atoms with Crippen LogP contribution in [0.4, 0.5) is 0 Å². The number of rotatable bonds is 4. The maximum Gasteiger partial charge on any atom is -0.0277 e. The smallest absolute Gasteiger partial charge is 0.0277 e. The summed E-state index contributed by atoms with van der Waals surface area (Å²) < 4.78 is 0. The van der Waals surface area contributed by atoms with Gasteiger partial charge in [0.2, 0.25) is 0 Å². The summed E-state index contributed by atoms with van der Waals surface area (Å²) in [6, 6.07) is 0. The van der Waals surface area contributed by atoms with Crippen molar-refractivity contribution in [1.82, 2.24) is 0 Å². The summed E-state index contributed by atoms with van der Waals surface area (Å²) in [6.07, 6.45) is 18.0. The first-order valence-electron chi connectivity index (χ1n) is 13.9. The van der Waals surface area contributed by atoms with Crippen molar-refractivity contribution < 1.29 is 0 Å². The van der Waals surface area contributed by atoms with Crippen LogP contribution in [0.1, 0.15) is 116 Å². The molecular formula is C39H68. The van der Waals surface area contributed by atoms with Crippen LogP contribution in [0.2, 0.25) is 0 Å². The van der Waals surface area contributed by atoms with E-state index in [9.17, 15) is 0 Å². The molecule has 0 unspecified atom stereocenters. The molecule has 0 aromatic heterocycles. The van der Waals surface area contributed by atoms with E-state index in [4.69, 9.17) is 0 Å². The minimum Gasteiger partial charge on any atom is -0.100 e. The molecule has 1 aliphatic carbocycles. The van der Waals surface area contributed by atoms with E-state index >= 15 is 0 Å². The fourth-order valence-electron chi connectivity index (χ4n) is 1.77. The molecule has 39 heavy (non-hydrogen) atoms. The zero-order valence-corrected chi connectivity index (χ0v) is 28.8. The Balaban J connectivity index is -0.0000000842. The van der Waals surface area contributed by atoms with Crippen LogP contribution in [0.3, 0.4) is 0 Å². The van der Waals surface area contributed by atoms with E-state index in [1.54, 1.807) is 29.9 Å². The van der Waals surface area contributed by atoms with Crippen molar-refractivity contribution >= 4 is 0 Å². The summed E-state index contributed by atoms with van der Waals surface area (Å²) in [5.74, 6) is 0. The second kappa shape index (κ2) is 39.6. The topological polar surface area (TPSA) is 0 Å². The molecule has 0 aromatic carbocycles. The van der Waals surface area contributed by atoms with Gasteiger partial charge in [0, 0.05) is 0 Å². The van der Waals surface area contributed by atoms with Crippen LogP contribution >= 0.6 is 0 Å². The van der Waals surface area contributed by atoms with Gasteiger partial charge < -0.3 is 0 Å². The lowest BCUT2D eigenvalue weighted by molar-refractivity contribution is 0.677. The Hall–Kier alpha value is -2.86. The van der Waals surface area contributed by atoms with Crippen LogP contribution in [0.15, 0.2) is 133 Å². The highest BCUT2D eigenvalue weighted by molar-refractivity contribution is 5.32. The molecule has 0 heteroatoms. The van der Waals surface area contributed by atoms with Gasteiger partial charge in [0.15, 0.2) is 0 Å². The lowest BCUT2D eigenvalue weighted by Gasteiger charge is -2.17. The number of hydrogen-bond donors (Lipinski definition) is 0. The lowest BCUT2D eigenvalue weighted by atomic mass is 9.89. The quantitative estimate of drug-likeness (QED) is 0.247. The highest BCUT2D eigenvalue weighted by Gasteiger charge is 2.08. The summed E-state index contributed by atoms with van der Waals surface area (Å²) in [6.45, 7) is 51.6. The fourth-order valence-corrected chi connectivity index (χ4v) is 1.77. The van der Waals surface area contributed by atoms with Crippen molar-refractivity contribution in [2.24, 2.45) is 0 Å². The van der Waals surface area contributed by atoms with Crippen LogP contribution < -0.4 is 0 Å². The Bertz CT molecular complexity index is 765. The highest BCUT2D eigenvalue weighted by Crippen LogP contribution is 2.28. The average molecular weight is 537 g/mol. The lowest BCUT2D eigenvalue weighted by Crippen LogP contribution is -1.97. The Morgan fingerprint density at radius 3 is 1.08 bits per heavy atom. The van der Waals surface area contributed by atoms with Gasteiger partial charge >= 0.3 is 0 Å². The summed E-state index contributed by atoms with van der Waals surface area (Å²) >= 11 is 0. The number of allylic oxidation sites excluding steroid dienone is 15. The summed E-state index contributed by atoms with van der Waals surface area (Å²) in [4.78, 5) is 0. The molecule has 0 spiro atoms. The predicted octanol–water partition coefficient (Wildman–Crippen LogP) is 14.2. The van der Waals surface area contributed by atoms with Crippen molar-refractivity contribution in [3.63, 3.8) is 0 Å². The standard InChI is InChI=1S/C10H16.C6H12.C5H10.2C5H8.C4H8.C4H6/c1-8(2)10-7-5-4-6-9(10)3;1-5(2)6(3)4;2*1-4-5(2)3;1-3-5-4-2;1-4(2)3;1-3-4-2/h1,4-7H2,2-3H3;1-4H3;4H,1-3H3;4H,1-2H2,3H3;3-5H,1H2,2H3;1H2,2-3H3;3-4H,1-2H2. The van der Waals surface area contributed by atoms with Gasteiger partial charge in [-0.05, 0) is 121 Å². The molecular weight excluding hydrogens is 468 g/mol. The largest absolute Gasteiger partial charge is 0.100 e. The van der Waals surface area contributed by atoms with Gasteiger partial charge in [-0.25, -0.2) is 0 Å². The normalized spacial score (nSPS) is 10.3. The molecule has 1 aliphatic rings. The minimum absolute atomic E-state index is 1.02. The van der Waals surface area contributed by atoms with Gasteiger partial charge in [-0.3, -0.25) is 0 Å². The van der Waals surface area contributed by atoms with Crippen LogP contribution in [-0.2, 0) is 0 Å². The van der Waals surface area contributed by atoms with Gasteiger partial charge in [-0.2, -0.15) is 0 Å². The van der Waals surface area contributed by atoms with Crippen molar-refractivity contribution in [1.29, 1.82) is 0 Å². The molecule has 0 atom stereocenters. The maximum atomic E-state index is 3.97. The van der Waals surface area contributed by atoms with E-state index in [0.717, 1.165) is 5.57 Å². The van der Waals surface area contributed by atoms with E-state index in [2.05, 4.69) is 108 Å². The molecule has 0 amide bonds. The van der Waals surface area contributed by atoms with Crippen molar-refractivity contribution in [3.05, 3.63) is 133 Å². The summed E-state index contributed by atoms with van der Waals surface area (Å²) in [7, 11) is 0. The van der Waals surface area contributed by atoms with Crippen LogP contribution in [-0.4, -0.2) is 0 Å². The van der Waals surface area contributed by atoms with Crippen LogP contribution in [0.5, 0.6) is 0 Å². The molecule has 0 heterocycles. The average Bonchev–Trinajstić information content (AvgIpc) is 2.85. The summed E-state index contributed by atoms with van der Waals surface area (Å²) in [5, 5.41) is 0. The Labute approximate surface area is 248 Å². The van der Waals surface area contributed by atoms with E-state index in [1.807, 2.05) is 46.8 Å². The van der Waals surface area contributed by atoms with E-state index in [0.29, 0.717) is 0 Å². The third-order valence-electron chi connectivity index (χ3n) is 4.68. The van der Waals surface area contributed by atoms with Crippen molar-refractivity contribution in [3.8, 4) is 0 Å². The molecule has 1 rings (SSSR count). The van der Waals surface area contributed by atoms with E-state index < -0.39 is 0 Å². The fraction of sp³-hybridized carbons (Fsp3) is 0.436. The zero-order valence-electron chi connectivity index (χ0n) is 28.8. The van der Waals surface area contributed by atoms with Crippen molar-refractivity contribution in [2.45, 2.75) is 116 Å². The van der Waals surface area contributed by atoms with Gasteiger partial charge in [0.25, 0.3) is 0 Å². The number of hydrogen-bond acceptors (Lipinski definition) is 0. The molecule has 0 radical (unpaired) electrons. The third-order valence-corrected chi connectivity index (χ3v) is 4.68. The van der Waals surface area contributed by atoms with E-state index in [-0.39, 0.29) is 0 Å². The SMILES string of the molecule is C=C(C)C.C=C(C)C1=C(C)CCCC1.C=CC(=C)C.C=CC=C.C=CC=CC.CC(C)=C(C)C.CC=C(C)C. The highest BCUT2D eigenvalue weighted by atomic mass is 14.1. The van der Waals surface area contributed by atoms with Crippen LogP contribution in [0, 0.1) is 0 Å². The Kier molecular flexibility index (Phi) is 49.9. The van der Waals surface area contributed by atoms with Gasteiger partial charge in [0.1, 0.15) is 0 Å². The predicted molar refractivity (Wildman–Crippen MR) is 192 cm³/mol. The Morgan fingerprint density at radius 1 is 0.641 bits per heavy atom.